The van der Waals surface area contributed by atoms with Crippen molar-refractivity contribution in [1.82, 2.24) is 24.6 Å². The lowest BCUT2D eigenvalue weighted by molar-refractivity contribution is -0.274. The van der Waals surface area contributed by atoms with Gasteiger partial charge in [0.05, 0.1) is 11.4 Å². The molecule has 5 rings (SSSR count). The molecule has 240 valence electrons. The molecule has 0 bridgehead atoms. The van der Waals surface area contributed by atoms with Gasteiger partial charge in [0.25, 0.3) is 0 Å². The number of carbonyl (C=O) groups excluding carboxylic acids is 1. The number of ether oxygens (including phenoxy) is 1. The number of benzene rings is 3. The maximum absolute atomic E-state index is 13.1. The molecule has 0 aliphatic heterocycles. The first kappa shape index (κ1) is 32.7. The van der Waals surface area contributed by atoms with Gasteiger partial charge in [-0.15, -0.1) is 29.6 Å². The summed E-state index contributed by atoms with van der Waals surface area (Å²) in [5, 5.41) is 9.52. The summed E-state index contributed by atoms with van der Waals surface area (Å²) < 4.78 is 44.8. The fraction of sp³-hybridized carbons (Fsp3) is 0.294. The van der Waals surface area contributed by atoms with Crippen LogP contribution in [-0.4, -0.2) is 37.8 Å². The lowest BCUT2D eigenvalue weighted by Crippen LogP contribution is -2.35. The Labute approximate surface area is 269 Å². The SMILES string of the molecule is CCCc1ccc(C)cc1-n1c(C)cs/c1=N\C(=O)NC(C)C(C)c1ccc(-c2ncn(-c3ccc(OC(F)(F)F)cc3)n2)cc1. The molecule has 1 N–H and O–H groups in total. The van der Waals surface area contributed by atoms with Gasteiger partial charge in [-0.25, -0.2) is 14.5 Å². The molecule has 46 heavy (non-hydrogen) atoms. The molecule has 2 heterocycles. The van der Waals surface area contributed by atoms with Crippen LogP contribution in [0.1, 0.15) is 55.5 Å². The maximum Gasteiger partial charge on any atom is 0.573 e. The first-order chi connectivity index (χ1) is 21.9. The van der Waals surface area contributed by atoms with Crippen LogP contribution in [0.3, 0.4) is 0 Å². The van der Waals surface area contributed by atoms with Crippen LogP contribution < -0.4 is 14.9 Å². The molecule has 2 atom stereocenters. The molecule has 3 aromatic carbocycles. The smallest absolute Gasteiger partial charge is 0.406 e. The Balaban J connectivity index is 1.26. The number of alkyl halides is 3. The highest BCUT2D eigenvalue weighted by molar-refractivity contribution is 7.07. The molecule has 2 amide bonds. The van der Waals surface area contributed by atoms with Crippen LogP contribution in [0.5, 0.6) is 5.75 Å². The summed E-state index contributed by atoms with van der Waals surface area (Å²) in [6.45, 7) is 10.2. The van der Waals surface area contributed by atoms with Gasteiger partial charge in [-0.3, -0.25) is 4.57 Å². The van der Waals surface area contributed by atoms with Crippen LogP contribution in [-0.2, 0) is 6.42 Å². The topological polar surface area (TPSA) is 86.3 Å². The Kier molecular flexibility index (Phi) is 9.76. The zero-order valence-corrected chi connectivity index (χ0v) is 27.0. The van der Waals surface area contributed by atoms with E-state index in [0.717, 1.165) is 40.9 Å². The number of amides is 2. The van der Waals surface area contributed by atoms with Gasteiger partial charge in [-0.05, 0) is 74.2 Å². The Bertz CT molecular complexity index is 1870. The van der Waals surface area contributed by atoms with Crippen LogP contribution >= 0.6 is 11.3 Å². The second-order valence-corrected chi connectivity index (χ2v) is 12.0. The largest absolute Gasteiger partial charge is 0.573 e. The van der Waals surface area contributed by atoms with Gasteiger partial charge in [0, 0.05) is 28.6 Å². The molecule has 5 aromatic rings. The minimum Gasteiger partial charge on any atom is -0.406 e. The molecule has 0 fully saturated rings. The maximum atomic E-state index is 13.1. The fourth-order valence-corrected chi connectivity index (χ4v) is 5.97. The molecule has 12 heteroatoms. The van der Waals surface area contributed by atoms with E-state index in [1.807, 2.05) is 50.4 Å². The van der Waals surface area contributed by atoms with E-state index < -0.39 is 12.4 Å². The van der Waals surface area contributed by atoms with E-state index in [1.54, 1.807) is 0 Å². The molecule has 0 aliphatic carbocycles. The van der Waals surface area contributed by atoms with Gasteiger partial charge >= 0.3 is 12.4 Å². The average Bonchev–Trinajstić information content (AvgIpc) is 3.64. The molecule has 0 radical (unpaired) electrons. The third-order valence-electron chi connectivity index (χ3n) is 7.70. The number of aryl methyl sites for hydroxylation is 3. The summed E-state index contributed by atoms with van der Waals surface area (Å²) in [6.07, 6.45) is -1.30. The third kappa shape index (κ3) is 7.74. The number of hydrogen-bond acceptors (Lipinski definition) is 5. The lowest BCUT2D eigenvalue weighted by Gasteiger charge is -2.21. The van der Waals surface area contributed by atoms with Crippen molar-refractivity contribution in [1.29, 1.82) is 0 Å². The number of aromatic nitrogens is 4. The summed E-state index contributed by atoms with van der Waals surface area (Å²) >= 11 is 1.44. The van der Waals surface area contributed by atoms with E-state index in [9.17, 15) is 18.0 Å². The fourth-order valence-electron chi connectivity index (χ4n) is 5.11. The highest BCUT2D eigenvalue weighted by Crippen LogP contribution is 2.26. The Morgan fingerprint density at radius 2 is 1.76 bits per heavy atom. The van der Waals surface area contributed by atoms with E-state index >= 15 is 0 Å². The van der Waals surface area contributed by atoms with Crippen LogP contribution in [0.15, 0.2) is 83.4 Å². The Morgan fingerprint density at radius 1 is 1.04 bits per heavy atom. The van der Waals surface area contributed by atoms with E-state index in [2.05, 4.69) is 61.7 Å². The number of nitrogens with one attached hydrogen (secondary N) is 1. The number of thiazole rings is 1. The van der Waals surface area contributed by atoms with Crippen LogP contribution in [0.25, 0.3) is 22.8 Å². The molecule has 0 saturated carbocycles. The van der Waals surface area contributed by atoms with Crippen molar-refractivity contribution in [3.8, 4) is 28.5 Å². The molecule has 0 spiro atoms. The number of carbonyl (C=O) groups is 1. The van der Waals surface area contributed by atoms with Crippen LogP contribution in [0.2, 0.25) is 0 Å². The minimum atomic E-state index is -4.75. The van der Waals surface area contributed by atoms with Gasteiger partial charge in [-0.1, -0.05) is 56.7 Å². The van der Waals surface area contributed by atoms with E-state index in [1.165, 1.54) is 52.2 Å². The number of halogens is 3. The number of nitrogens with zero attached hydrogens (tertiary/aromatic N) is 5. The number of rotatable bonds is 9. The summed E-state index contributed by atoms with van der Waals surface area (Å²) in [5.74, 6) is 0.139. The number of urea groups is 1. The van der Waals surface area contributed by atoms with Gasteiger partial charge in [0.2, 0.25) is 0 Å². The lowest BCUT2D eigenvalue weighted by atomic mass is 9.93. The van der Waals surface area contributed by atoms with Crippen molar-refractivity contribution in [3.05, 3.63) is 106 Å². The van der Waals surface area contributed by atoms with Crippen molar-refractivity contribution in [2.75, 3.05) is 0 Å². The van der Waals surface area contributed by atoms with Crippen molar-refractivity contribution < 1.29 is 22.7 Å². The van der Waals surface area contributed by atoms with Gasteiger partial charge < -0.3 is 10.1 Å². The van der Waals surface area contributed by atoms with Crippen molar-refractivity contribution in [2.45, 2.75) is 65.8 Å². The second kappa shape index (κ2) is 13.7. The summed E-state index contributed by atoms with van der Waals surface area (Å²) in [4.78, 5) is 22.5. The van der Waals surface area contributed by atoms with Gasteiger partial charge in [-0.2, -0.15) is 4.99 Å². The van der Waals surface area contributed by atoms with E-state index in [0.29, 0.717) is 16.3 Å². The quantitative estimate of drug-likeness (QED) is 0.175. The second-order valence-electron chi connectivity index (χ2n) is 11.2. The first-order valence-electron chi connectivity index (χ1n) is 14.9. The van der Waals surface area contributed by atoms with E-state index in [4.69, 9.17) is 0 Å². The Morgan fingerprint density at radius 3 is 2.43 bits per heavy atom. The van der Waals surface area contributed by atoms with Gasteiger partial charge in [0.1, 0.15) is 12.1 Å². The normalized spacial score (nSPS) is 13.4. The zero-order chi connectivity index (χ0) is 33.0. The molecule has 0 aliphatic rings. The monoisotopic (exact) mass is 648 g/mol. The highest BCUT2D eigenvalue weighted by Gasteiger charge is 2.31. The molecule has 8 nitrogen and oxygen atoms in total. The first-order valence-corrected chi connectivity index (χ1v) is 15.8. The average molecular weight is 649 g/mol. The molecule has 2 unspecified atom stereocenters. The zero-order valence-electron chi connectivity index (χ0n) is 26.2. The summed E-state index contributed by atoms with van der Waals surface area (Å²) in [5.41, 5.74) is 6.77. The summed E-state index contributed by atoms with van der Waals surface area (Å²) in [7, 11) is 0. The van der Waals surface area contributed by atoms with Crippen LogP contribution in [0.4, 0.5) is 18.0 Å². The van der Waals surface area contributed by atoms with Gasteiger partial charge in [0.15, 0.2) is 10.6 Å². The van der Waals surface area contributed by atoms with Crippen molar-refractivity contribution in [2.24, 2.45) is 4.99 Å². The predicted octanol–water partition coefficient (Wildman–Crippen LogP) is 8.06. The predicted molar refractivity (Wildman–Crippen MR) is 173 cm³/mol. The molecule has 0 saturated heterocycles. The molecular weight excluding hydrogens is 613 g/mol. The van der Waals surface area contributed by atoms with Crippen molar-refractivity contribution >= 4 is 17.4 Å². The standard InChI is InChI=1S/C34H35F3N6O2S/c1-6-7-26-9-8-21(2)18-30(26)43-22(3)19-46-33(43)40-32(44)39-24(5)23(4)25-10-12-27(13-11-25)31-38-20-42(41-31)28-14-16-29(17-15-28)45-34(35,36)37/h8-20,23-24H,6-7H2,1-5H3,(H,39,44)/b40-33-. The van der Waals surface area contributed by atoms with E-state index in [-0.39, 0.29) is 17.7 Å². The Hall–Kier alpha value is -4.71. The number of hydrogen-bond donors (Lipinski definition) is 1. The minimum absolute atomic E-state index is 0.0127. The molecular formula is C34H35F3N6O2S. The van der Waals surface area contributed by atoms with Crippen molar-refractivity contribution in [3.63, 3.8) is 0 Å². The van der Waals surface area contributed by atoms with Crippen LogP contribution in [0, 0.1) is 13.8 Å². The highest BCUT2D eigenvalue weighted by atomic mass is 32.1. The molecule has 2 aromatic heterocycles. The third-order valence-corrected chi connectivity index (χ3v) is 8.64. The summed E-state index contributed by atoms with van der Waals surface area (Å²) in [6, 6.07) is 18.9.